The van der Waals surface area contributed by atoms with Crippen molar-refractivity contribution in [2.75, 3.05) is 52.0 Å². The molecule has 5 N–H and O–H groups in total. The first kappa shape index (κ1) is 36.0. The second-order valence-corrected chi connectivity index (χ2v) is 15.3. The SMILES string of the molecule is COP(=O)(O)OC[C@@H]1C[C@@H](OP(=O)(O)OC[C@@H]2C[C@@H](O)CN2C(=O)CCCSSC)CN1C(=O)CCCCCN. The van der Waals surface area contributed by atoms with Crippen LogP contribution in [-0.2, 0) is 36.8 Å². The maximum Gasteiger partial charge on any atom is 0.472 e. The normalized spacial score (nSPS) is 26.1. The molecule has 2 unspecified atom stereocenters. The molecule has 2 aliphatic rings. The van der Waals surface area contributed by atoms with E-state index in [9.17, 15) is 33.6 Å². The molecule has 0 aromatic rings. The molecular formula is C22H43N3O11P2S2. The molecule has 2 saturated heterocycles. The lowest BCUT2D eigenvalue weighted by Gasteiger charge is -2.25. The van der Waals surface area contributed by atoms with Gasteiger partial charge in [0.1, 0.15) is 0 Å². The van der Waals surface area contributed by atoms with Crippen LogP contribution in [0.5, 0.6) is 0 Å². The summed E-state index contributed by atoms with van der Waals surface area (Å²) >= 11 is 0. The minimum Gasteiger partial charge on any atom is -0.391 e. The van der Waals surface area contributed by atoms with Crippen molar-refractivity contribution in [2.24, 2.45) is 5.73 Å². The molecule has 2 amide bonds. The minimum atomic E-state index is -4.62. The molecule has 2 heterocycles. The quantitative estimate of drug-likeness (QED) is 0.0900. The van der Waals surface area contributed by atoms with Crippen molar-refractivity contribution in [1.82, 2.24) is 9.80 Å². The molecule has 0 bridgehead atoms. The van der Waals surface area contributed by atoms with Crippen molar-refractivity contribution in [3.63, 3.8) is 0 Å². The van der Waals surface area contributed by atoms with E-state index in [2.05, 4.69) is 4.52 Å². The molecule has 0 aliphatic carbocycles. The van der Waals surface area contributed by atoms with Crippen LogP contribution in [0, 0.1) is 0 Å². The van der Waals surface area contributed by atoms with Crippen LogP contribution in [0.1, 0.15) is 51.4 Å². The molecule has 0 spiro atoms. The summed E-state index contributed by atoms with van der Waals surface area (Å²) < 4.78 is 44.6. The Morgan fingerprint density at radius 2 is 1.52 bits per heavy atom. The van der Waals surface area contributed by atoms with Crippen molar-refractivity contribution >= 4 is 49.0 Å². The van der Waals surface area contributed by atoms with Gasteiger partial charge in [-0.05, 0) is 44.9 Å². The second-order valence-electron chi connectivity index (χ2n) is 9.66. The molecule has 0 aromatic heterocycles. The van der Waals surface area contributed by atoms with Gasteiger partial charge in [-0.1, -0.05) is 28.0 Å². The van der Waals surface area contributed by atoms with Crippen LogP contribution in [-0.4, -0.2) is 113 Å². The molecule has 0 saturated carbocycles. The monoisotopic (exact) mass is 651 g/mol. The van der Waals surface area contributed by atoms with Crippen molar-refractivity contribution < 1.29 is 51.7 Å². The molecule has 6 atom stereocenters. The van der Waals surface area contributed by atoms with E-state index in [1.165, 1.54) is 9.80 Å². The van der Waals surface area contributed by atoms with E-state index in [4.69, 9.17) is 19.3 Å². The number of phosphoric acid groups is 2. The maximum absolute atomic E-state index is 12.9. The van der Waals surface area contributed by atoms with Crippen LogP contribution < -0.4 is 5.73 Å². The summed E-state index contributed by atoms with van der Waals surface area (Å²) in [6.07, 6.45) is 3.89. The summed E-state index contributed by atoms with van der Waals surface area (Å²) in [5.74, 6) is 0.407. The van der Waals surface area contributed by atoms with E-state index in [0.29, 0.717) is 25.8 Å². The standard InChI is InChI=1S/C22H43N3O11P2S2/c1-33-37(29,30)34-16-18-12-20(14-25(18)21(27)7-4-3-5-9-23)36-38(31,32)35-15-17-11-19(26)13-24(17)22(28)8-6-10-40-39-2/h17-20,26H,3-16,23H2,1-2H3,(H,29,30)(H,31,32)/t17-,18-,19+,20+/m0/s1. The molecule has 2 fully saturated rings. The Hall–Kier alpha value is -0.220. The molecular weight excluding hydrogens is 608 g/mol. The van der Waals surface area contributed by atoms with Crippen LogP contribution in [0.15, 0.2) is 0 Å². The predicted octanol–water partition coefficient (Wildman–Crippen LogP) is 2.13. The number of likely N-dealkylation sites (tertiary alicyclic amines) is 2. The molecule has 18 heteroatoms. The summed E-state index contributed by atoms with van der Waals surface area (Å²) in [5, 5.41) is 10.1. The van der Waals surface area contributed by atoms with E-state index in [1.54, 1.807) is 21.6 Å². The number of nitrogens with zero attached hydrogens (tertiary/aromatic N) is 2. The first-order chi connectivity index (χ1) is 18.9. The molecule has 0 radical (unpaired) electrons. The number of nitrogens with two attached hydrogens (primary N) is 1. The Kier molecular flexibility index (Phi) is 16.0. The number of unbranched alkanes of at least 4 members (excludes halogenated alkanes) is 2. The molecule has 14 nitrogen and oxygen atoms in total. The number of phosphoric ester groups is 2. The molecule has 40 heavy (non-hydrogen) atoms. The highest BCUT2D eigenvalue weighted by atomic mass is 33.1. The van der Waals surface area contributed by atoms with Crippen LogP contribution in [0.25, 0.3) is 0 Å². The highest BCUT2D eigenvalue weighted by molar-refractivity contribution is 8.76. The van der Waals surface area contributed by atoms with Crippen LogP contribution >= 0.6 is 37.2 Å². The number of rotatable bonds is 19. The smallest absolute Gasteiger partial charge is 0.391 e. The molecule has 2 aliphatic heterocycles. The van der Waals surface area contributed by atoms with Crippen molar-refractivity contribution in [1.29, 1.82) is 0 Å². The molecule has 0 aromatic carbocycles. The fourth-order valence-corrected chi connectivity index (χ4v) is 7.35. The Morgan fingerprint density at radius 1 is 0.925 bits per heavy atom. The number of carbonyl (C=O) groups excluding carboxylic acids is 2. The van der Waals surface area contributed by atoms with Crippen LogP contribution in [0.4, 0.5) is 0 Å². The number of β-amino-alcohol motifs (C(OH)–C–C–N with tert-alkyl or cyclic N) is 1. The highest BCUT2D eigenvalue weighted by Gasteiger charge is 2.42. The van der Waals surface area contributed by atoms with Gasteiger partial charge in [0.05, 0.1) is 37.5 Å². The Labute approximate surface area is 243 Å². The second kappa shape index (κ2) is 17.8. The summed E-state index contributed by atoms with van der Waals surface area (Å²) in [6.45, 7) is -0.0368. The zero-order valence-corrected chi connectivity index (χ0v) is 26.4. The van der Waals surface area contributed by atoms with E-state index < -0.39 is 39.9 Å². The highest BCUT2D eigenvalue weighted by Crippen LogP contribution is 2.48. The van der Waals surface area contributed by atoms with Gasteiger partial charge in [-0.25, -0.2) is 9.13 Å². The number of aliphatic hydroxyl groups excluding tert-OH is 1. The Balaban J connectivity index is 1.95. The fraction of sp³-hybridized carbons (Fsp3) is 0.909. The van der Waals surface area contributed by atoms with Gasteiger partial charge in [0.15, 0.2) is 0 Å². The van der Waals surface area contributed by atoms with Crippen molar-refractivity contribution in [3.05, 3.63) is 0 Å². The molecule has 234 valence electrons. The summed E-state index contributed by atoms with van der Waals surface area (Å²) in [7, 11) is -4.63. The third-order valence-electron chi connectivity index (χ3n) is 6.61. The van der Waals surface area contributed by atoms with Gasteiger partial charge in [0.2, 0.25) is 11.8 Å². The average molecular weight is 652 g/mol. The topological polar surface area (TPSA) is 198 Å². The summed E-state index contributed by atoms with van der Waals surface area (Å²) in [4.78, 5) is 48.4. The zero-order chi connectivity index (χ0) is 29.8. The van der Waals surface area contributed by atoms with Crippen LogP contribution in [0.3, 0.4) is 0 Å². The third kappa shape index (κ3) is 12.6. The number of carbonyl (C=O) groups is 2. The largest absolute Gasteiger partial charge is 0.472 e. The maximum atomic E-state index is 12.9. The summed E-state index contributed by atoms with van der Waals surface area (Å²) in [5.41, 5.74) is 5.50. The lowest BCUT2D eigenvalue weighted by molar-refractivity contribution is -0.133. The first-order valence-corrected chi connectivity index (χ1v) is 18.9. The lowest BCUT2D eigenvalue weighted by Crippen LogP contribution is -2.38. The number of amides is 2. The fourth-order valence-electron chi connectivity index (χ4n) is 4.65. The van der Waals surface area contributed by atoms with Gasteiger partial charge in [0.25, 0.3) is 0 Å². The predicted molar refractivity (Wildman–Crippen MR) is 152 cm³/mol. The van der Waals surface area contributed by atoms with Gasteiger partial charge in [-0.15, -0.1) is 0 Å². The lowest BCUT2D eigenvalue weighted by atomic mass is 10.1. The van der Waals surface area contributed by atoms with Gasteiger partial charge < -0.3 is 30.4 Å². The van der Waals surface area contributed by atoms with Gasteiger partial charge in [-0.3, -0.25) is 27.7 Å². The van der Waals surface area contributed by atoms with Gasteiger partial charge >= 0.3 is 15.6 Å². The van der Waals surface area contributed by atoms with E-state index >= 15 is 0 Å². The van der Waals surface area contributed by atoms with Gasteiger partial charge in [-0.2, -0.15) is 0 Å². The number of hydrogen-bond donors (Lipinski definition) is 4. The minimum absolute atomic E-state index is 0.0405. The number of hydrogen-bond acceptors (Lipinski definition) is 12. The number of aliphatic hydroxyl groups is 1. The average Bonchev–Trinajstić information content (AvgIpc) is 3.49. The van der Waals surface area contributed by atoms with E-state index in [0.717, 1.165) is 25.7 Å². The van der Waals surface area contributed by atoms with E-state index in [-0.39, 0.29) is 57.4 Å². The molecule has 2 rings (SSSR count). The van der Waals surface area contributed by atoms with E-state index in [1.807, 2.05) is 6.26 Å². The third-order valence-corrected chi connectivity index (χ3v) is 10.5. The summed E-state index contributed by atoms with van der Waals surface area (Å²) in [6, 6.07) is -1.27. The van der Waals surface area contributed by atoms with Gasteiger partial charge in [0, 0.05) is 38.8 Å². The Bertz CT molecular complexity index is 906. The zero-order valence-electron chi connectivity index (χ0n) is 23.0. The van der Waals surface area contributed by atoms with Crippen molar-refractivity contribution in [2.45, 2.75) is 75.7 Å². The van der Waals surface area contributed by atoms with Crippen molar-refractivity contribution in [3.8, 4) is 0 Å². The Morgan fingerprint density at radius 3 is 2.15 bits per heavy atom. The van der Waals surface area contributed by atoms with Crippen LogP contribution in [0.2, 0.25) is 0 Å². The first-order valence-electron chi connectivity index (χ1n) is 13.2.